The molecule has 0 bridgehead atoms. The number of hydrogen-bond donors (Lipinski definition) is 0. The van der Waals surface area contributed by atoms with Gasteiger partial charge in [0.15, 0.2) is 0 Å². The average molecular weight is 602 g/mol. The molecule has 0 unspecified atom stereocenters. The van der Waals surface area contributed by atoms with Crippen LogP contribution in [0.1, 0.15) is 25.0 Å². The highest BCUT2D eigenvalue weighted by Crippen LogP contribution is 2.55. The van der Waals surface area contributed by atoms with Crippen molar-refractivity contribution >= 4 is 71.3 Å². The number of anilines is 3. The third-order valence-electron chi connectivity index (χ3n) is 10.4. The molecule has 1 aliphatic carbocycles. The van der Waals surface area contributed by atoms with Gasteiger partial charge < -0.3 is 9.32 Å². The van der Waals surface area contributed by atoms with Gasteiger partial charge in [0.05, 0.1) is 11.4 Å². The SMILES string of the molecule is CC1(C)c2ccccc2-c2c(N(c3ccc4c(c3)oc3ccccc34)c3cc4ccccc4c4ccc5ccccc5c34)cccc21. The molecule has 0 radical (unpaired) electrons. The molecule has 47 heavy (non-hydrogen) atoms. The van der Waals surface area contributed by atoms with Crippen LogP contribution in [0, 0.1) is 0 Å². The molecule has 0 amide bonds. The van der Waals surface area contributed by atoms with Crippen molar-refractivity contribution in [1.29, 1.82) is 0 Å². The summed E-state index contributed by atoms with van der Waals surface area (Å²) in [5.41, 5.74) is 10.4. The molecular weight excluding hydrogens is 571 g/mol. The summed E-state index contributed by atoms with van der Waals surface area (Å²) in [6.07, 6.45) is 0. The third-order valence-corrected chi connectivity index (χ3v) is 10.4. The van der Waals surface area contributed by atoms with Crippen LogP contribution in [0.4, 0.5) is 17.1 Å². The van der Waals surface area contributed by atoms with Crippen molar-refractivity contribution in [1.82, 2.24) is 0 Å². The molecule has 9 aromatic rings. The first-order valence-electron chi connectivity index (χ1n) is 16.4. The zero-order chi connectivity index (χ0) is 31.3. The van der Waals surface area contributed by atoms with E-state index >= 15 is 0 Å². The first kappa shape index (κ1) is 26.4. The smallest absolute Gasteiger partial charge is 0.137 e. The Labute approximate surface area is 273 Å². The molecule has 1 heterocycles. The largest absolute Gasteiger partial charge is 0.456 e. The van der Waals surface area contributed by atoms with E-state index in [1.807, 2.05) is 6.07 Å². The summed E-state index contributed by atoms with van der Waals surface area (Å²) in [5.74, 6) is 0. The van der Waals surface area contributed by atoms with E-state index in [0.29, 0.717) is 0 Å². The zero-order valence-electron chi connectivity index (χ0n) is 26.3. The van der Waals surface area contributed by atoms with E-state index in [2.05, 4.69) is 164 Å². The Bertz CT molecular complexity index is 2730. The monoisotopic (exact) mass is 601 g/mol. The van der Waals surface area contributed by atoms with Gasteiger partial charge in [0.1, 0.15) is 11.2 Å². The Morgan fingerprint density at radius 3 is 2.04 bits per heavy atom. The second kappa shape index (κ2) is 9.57. The second-order valence-corrected chi connectivity index (χ2v) is 13.3. The van der Waals surface area contributed by atoms with Gasteiger partial charge in [-0.1, -0.05) is 129 Å². The lowest BCUT2D eigenvalue weighted by atomic mass is 9.82. The minimum absolute atomic E-state index is 0.117. The van der Waals surface area contributed by atoms with Gasteiger partial charge in [0, 0.05) is 38.9 Å². The highest BCUT2D eigenvalue weighted by molar-refractivity contribution is 6.24. The quantitative estimate of drug-likeness (QED) is 0.187. The lowest BCUT2D eigenvalue weighted by molar-refractivity contribution is 0.660. The summed E-state index contributed by atoms with van der Waals surface area (Å²) in [4.78, 5) is 2.49. The molecule has 0 saturated carbocycles. The molecule has 0 aliphatic heterocycles. The fraction of sp³-hybridized carbons (Fsp3) is 0.0667. The minimum atomic E-state index is -0.117. The summed E-state index contributed by atoms with van der Waals surface area (Å²) < 4.78 is 6.50. The van der Waals surface area contributed by atoms with Gasteiger partial charge in [-0.2, -0.15) is 0 Å². The number of nitrogens with zero attached hydrogens (tertiary/aromatic N) is 1. The maximum atomic E-state index is 6.50. The molecule has 2 nitrogen and oxygen atoms in total. The molecule has 0 N–H and O–H groups in total. The maximum Gasteiger partial charge on any atom is 0.137 e. The first-order valence-corrected chi connectivity index (χ1v) is 16.4. The predicted molar refractivity (Wildman–Crippen MR) is 198 cm³/mol. The molecule has 222 valence electrons. The van der Waals surface area contributed by atoms with Crippen molar-refractivity contribution in [3.63, 3.8) is 0 Å². The summed E-state index contributed by atoms with van der Waals surface area (Å²) in [5, 5.41) is 9.71. The van der Waals surface area contributed by atoms with Crippen molar-refractivity contribution < 1.29 is 4.42 Å². The maximum absolute atomic E-state index is 6.50. The molecule has 0 atom stereocenters. The molecule has 0 saturated heterocycles. The highest BCUT2D eigenvalue weighted by atomic mass is 16.3. The van der Waals surface area contributed by atoms with Crippen LogP contribution >= 0.6 is 0 Å². The molecule has 2 heteroatoms. The molecule has 10 rings (SSSR count). The molecule has 8 aromatic carbocycles. The van der Waals surface area contributed by atoms with Crippen molar-refractivity contribution in [2.45, 2.75) is 19.3 Å². The molecular formula is C45H31NO. The average Bonchev–Trinajstić information content (AvgIpc) is 3.60. The Balaban J connectivity index is 1.37. The van der Waals surface area contributed by atoms with Gasteiger partial charge in [-0.05, 0) is 74.0 Å². The third kappa shape index (κ3) is 3.67. The number of para-hydroxylation sites is 1. The molecule has 1 aromatic heterocycles. The minimum Gasteiger partial charge on any atom is -0.456 e. The van der Waals surface area contributed by atoms with Crippen LogP contribution in [0.3, 0.4) is 0 Å². The van der Waals surface area contributed by atoms with Crippen molar-refractivity contribution in [2.75, 3.05) is 4.90 Å². The topological polar surface area (TPSA) is 16.4 Å². The van der Waals surface area contributed by atoms with E-state index in [9.17, 15) is 0 Å². The fourth-order valence-electron chi connectivity index (χ4n) is 8.22. The van der Waals surface area contributed by atoms with Gasteiger partial charge in [-0.3, -0.25) is 0 Å². The normalized spacial score (nSPS) is 13.5. The zero-order valence-corrected chi connectivity index (χ0v) is 26.3. The highest BCUT2D eigenvalue weighted by Gasteiger charge is 2.38. The summed E-state index contributed by atoms with van der Waals surface area (Å²) >= 11 is 0. The van der Waals surface area contributed by atoms with E-state index in [1.54, 1.807) is 0 Å². The van der Waals surface area contributed by atoms with Gasteiger partial charge in [0.25, 0.3) is 0 Å². The standard InChI is InChI=1S/C45H31NO/c1-45(2)37-18-9-7-17-36(37)44-38(45)19-11-20-39(44)46(30-23-25-34-33-16-8-10-21-41(33)47-42(34)27-30)40-26-29-13-4-5-14-31(29)35-24-22-28-12-3-6-15-32(28)43(35)40/h3-27H,1-2H3. The number of hydrogen-bond acceptors (Lipinski definition) is 2. The van der Waals surface area contributed by atoms with E-state index in [0.717, 1.165) is 33.3 Å². The van der Waals surface area contributed by atoms with Gasteiger partial charge in [0.2, 0.25) is 0 Å². The van der Waals surface area contributed by atoms with Crippen molar-refractivity contribution in [3.8, 4) is 11.1 Å². The fourth-order valence-corrected chi connectivity index (χ4v) is 8.22. The van der Waals surface area contributed by atoms with Gasteiger partial charge >= 0.3 is 0 Å². The van der Waals surface area contributed by atoms with Crippen molar-refractivity contribution in [2.24, 2.45) is 0 Å². The lowest BCUT2D eigenvalue weighted by Gasteiger charge is -2.30. The van der Waals surface area contributed by atoms with Crippen LogP contribution in [-0.2, 0) is 5.41 Å². The Morgan fingerprint density at radius 2 is 1.15 bits per heavy atom. The summed E-state index contributed by atoms with van der Waals surface area (Å²) in [6, 6.07) is 55.3. The lowest BCUT2D eigenvalue weighted by Crippen LogP contribution is -2.16. The van der Waals surface area contributed by atoms with Crippen LogP contribution in [0.5, 0.6) is 0 Å². The van der Waals surface area contributed by atoms with Crippen LogP contribution in [-0.4, -0.2) is 0 Å². The molecule has 1 aliphatic rings. The van der Waals surface area contributed by atoms with Crippen LogP contribution < -0.4 is 4.90 Å². The first-order chi connectivity index (χ1) is 23.1. The van der Waals surface area contributed by atoms with Crippen LogP contribution in [0.25, 0.3) is 65.4 Å². The summed E-state index contributed by atoms with van der Waals surface area (Å²) in [6.45, 7) is 4.70. The Kier molecular flexibility index (Phi) is 5.37. The molecule has 0 spiro atoms. The second-order valence-electron chi connectivity index (χ2n) is 13.3. The molecule has 0 fully saturated rings. The Morgan fingerprint density at radius 1 is 0.468 bits per heavy atom. The van der Waals surface area contributed by atoms with E-state index in [4.69, 9.17) is 4.42 Å². The van der Waals surface area contributed by atoms with Crippen molar-refractivity contribution in [3.05, 3.63) is 163 Å². The summed E-state index contributed by atoms with van der Waals surface area (Å²) in [7, 11) is 0. The van der Waals surface area contributed by atoms with E-state index < -0.39 is 0 Å². The predicted octanol–water partition coefficient (Wildman–Crippen LogP) is 12.8. The van der Waals surface area contributed by atoms with E-state index in [1.165, 1.54) is 60.3 Å². The number of furan rings is 1. The van der Waals surface area contributed by atoms with E-state index in [-0.39, 0.29) is 5.41 Å². The van der Waals surface area contributed by atoms with Gasteiger partial charge in [-0.25, -0.2) is 0 Å². The number of fused-ring (bicyclic) bond motifs is 11. The Hall–Kier alpha value is -5.86. The number of rotatable bonds is 3. The van der Waals surface area contributed by atoms with Crippen LogP contribution in [0.2, 0.25) is 0 Å². The number of benzene rings is 8. The van der Waals surface area contributed by atoms with Crippen LogP contribution in [0.15, 0.2) is 156 Å². The van der Waals surface area contributed by atoms with Gasteiger partial charge in [-0.15, -0.1) is 0 Å².